The Kier molecular flexibility index (Phi) is 6.76. The van der Waals surface area contributed by atoms with Gasteiger partial charge in [-0.1, -0.05) is 15.9 Å². The highest BCUT2D eigenvalue weighted by atomic mass is 79.9. The zero-order chi connectivity index (χ0) is 11.1. The lowest BCUT2D eigenvalue weighted by atomic mass is 9.91. The van der Waals surface area contributed by atoms with Crippen LogP contribution in [0.2, 0.25) is 0 Å². The molecule has 1 rings (SSSR count). The topological polar surface area (TPSA) is 36.9 Å². The predicted molar refractivity (Wildman–Crippen MR) is 60.6 cm³/mol. The Morgan fingerprint density at radius 1 is 1.13 bits per heavy atom. The molecule has 0 bridgehead atoms. The number of ether oxygens (including phenoxy) is 4. The number of methoxy groups -OCH3 is 2. The van der Waals surface area contributed by atoms with Gasteiger partial charge in [-0.15, -0.1) is 0 Å². The quantitative estimate of drug-likeness (QED) is 0.496. The summed E-state index contributed by atoms with van der Waals surface area (Å²) in [6.07, 6.45) is 1.41. The number of halogens is 1. The van der Waals surface area contributed by atoms with Crippen molar-refractivity contribution in [2.75, 3.05) is 40.6 Å². The fraction of sp³-hybridized carbons (Fsp3) is 1.00. The molecule has 1 saturated carbocycles. The molecule has 0 N–H and O–H groups in total. The van der Waals surface area contributed by atoms with Crippen LogP contribution in [0, 0.1) is 0 Å². The second-order valence-corrected chi connectivity index (χ2v) is 4.64. The molecule has 0 spiro atoms. The van der Waals surface area contributed by atoms with Crippen LogP contribution in [-0.4, -0.2) is 57.7 Å². The van der Waals surface area contributed by atoms with Gasteiger partial charge < -0.3 is 18.9 Å². The lowest BCUT2D eigenvalue weighted by Gasteiger charge is -2.39. The number of rotatable bonds is 8. The monoisotopic (exact) mass is 282 g/mol. The molecule has 1 aliphatic rings. The molecule has 4 nitrogen and oxygen atoms in total. The first-order chi connectivity index (χ1) is 7.29. The van der Waals surface area contributed by atoms with Gasteiger partial charge in [0.15, 0.2) is 0 Å². The number of alkyl halides is 1. The molecule has 15 heavy (non-hydrogen) atoms. The van der Waals surface area contributed by atoms with Crippen LogP contribution in [-0.2, 0) is 18.9 Å². The number of hydrogen-bond donors (Lipinski definition) is 0. The summed E-state index contributed by atoms with van der Waals surface area (Å²) in [4.78, 5) is 0.432. The molecule has 0 aromatic carbocycles. The average Bonchev–Trinajstić information content (AvgIpc) is 2.22. The van der Waals surface area contributed by atoms with Crippen LogP contribution in [0.1, 0.15) is 6.42 Å². The largest absolute Gasteiger partial charge is 0.382 e. The van der Waals surface area contributed by atoms with Crippen molar-refractivity contribution in [1.82, 2.24) is 0 Å². The Hall–Kier alpha value is 0.320. The summed E-state index contributed by atoms with van der Waals surface area (Å²) in [5.41, 5.74) is 0. The van der Waals surface area contributed by atoms with Crippen molar-refractivity contribution in [1.29, 1.82) is 0 Å². The molecule has 90 valence electrons. The van der Waals surface area contributed by atoms with Crippen molar-refractivity contribution in [3.05, 3.63) is 0 Å². The summed E-state index contributed by atoms with van der Waals surface area (Å²) in [6, 6.07) is 0. The Bertz CT molecular complexity index is 168. The molecule has 1 aliphatic carbocycles. The maximum absolute atomic E-state index is 5.61. The molecule has 0 aliphatic heterocycles. The fourth-order valence-corrected chi connectivity index (χ4v) is 2.42. The van der Waals surface area contributed by atoms with Crippen LogP contribution in [0.4, 0.5) is 0 Å². The van der Waals surface area contributed by atoms with E-state index in [0.717, 1.165) is 6.42 Å². The minimum atomic E-state index is 0.184. The standard InChI is InChI=1S/C10H19BrO4/c1-12-3-4-14-5-6-15-9-7-8(11)10(9)13-2/h8-10H,3-7H2,1-2H3. The summed E-state index contributed by atoms with van der Waals surface area (Å²) in [5.74, 6) is 0. The summed E-state index contributed by atoms with van der Waals surface area (Å²) >= 11 is 3.52. The second-order valence-electron chi connectivity index (χ2n) is 3.47. The highest BCUT2D eigenvalue weighted by Gasteiger charge is 2.40. The van der Waals surface area contributed by atoms with Gasteiger partial charge in [0, 0.05) is 19.0 Å². The van der Waals surface area contributed by atoms with E-state index in [-0.39, 0.29) is 12.2 Å². The third kappa shape index (κ3) is 4.36. The molecule has 3 unspecified atom stereocenters. The smallest absolute Gasteiger partial charge is 0.0958 e. The lowest BCUT2D eigenvalue weighted by molar-refractivity contribution is -0.116. The van der Waals surface area contributed by atoms with Gasteiger partial charge in [-0.05, 0) is 6.42 Å². The Morgan fingerprint density at radius 3 is 2.47 bits per heavy atom. The summed E-state index contributed by atoms with van der Waals surface area (Å²) in [5, 5.41) is 0. The van der Waals surface area contributed by atoms with E-state index in [1.54, 1.807) is 14.2 Å². The third-order valence-corrected chi connectivity index (χ3v) is 3.34. The van der Waals surface area contributed by atoms with Crippen molar-refractivity contribution >= 4 is 15.9 Å². The zero-order valence-electron chi connectivity index (χ0n) is 9.28. The first-order valence-electron chi connectivity index (χ1n) is 5.14. The van der Waals surface area contributed by atoms with Crippen LogP contribution in [0.5, 0.6) is 0 Å². The molecule has 5 heteroatoms. The molecule has 0 heterocycles. The Morgan fingerprint density at radius 2 is 1.87 bits per heavy atom. The maximum Gasteiger partial charge on any atom is 0.0958 e. The minimum absolute atomic E-state index is 0.184. The van der Waals surface area contributed by atoms with Crippen LogP contribution >= 0.6 is 15.9 Å². The van der Waals surface area contributed by atoms with E-state index < -0.39 is 0 Å². The van der Waals surface area contributed by atoms with Crippen molar-refractivity contribution in [3.63, 3.8) is 0 Å². The van der Waals surface area contributed by atoms with Crippen LogP contribution in [0.15, 0.2) is 0 Å². The minimum Gasteiger partial charge on any atom is -0.382 e. The van der Waals surface area contributed by atoms with E-state index in [2.05, 4.69) is 15.9 Å². The van der Waals surface area contributed by atoms with Crippen molar-refractivity contribution in [3.8, 4) is 0 Å². The zero-order valence-corrected chi connectivity index (χ0v) is 10.9. The van der Waals surface area contributed by atoms with Gasteiger partial charge in [0.25, 0.3) is 0 Å². The molecular formula is C10H19BrO4. The SMILES string of the molecule is COCCOCCOC1CC(Br)C1OC. The van der Waals surface area contributed by atoms with E-state index >= 15 is 0 Å². The molecule has 0 saturated heterocycles. The van der Waals surface area contributed by atoms with Crippen LogP contribution in [0.25, 0.3) is 0 Å². The normalized spacial score (nSPS) is 30.2. The van der Waals surface area contributed by atoms with Gasteiger partial charge in [-0.25, -0.2) is 0 Å². The lowest BCUT2D eigenvalue weighted by Crippen LogP contribution is -2.50. The molecule has 1 fully saturated rings. The summed E-state index contributed by atoms with van der Waals surface area (Å²) in [6.45, 7) is 2.49. The third-order valence-electron chi connectivity index (χ3n) is 2.44. The summed E-state index contributed by atoms with van der Waals surface area (Å²) in [7, 11) is 3.37. The van der Waals surface area contributed by atoms with Crippen molar-refractivity contribution in [2.45, 2.75) is 23.5 Å². The fourth-order valence-electron chi connectivity index (χ4n) is 1.49. The van der Waals surface area contributed by atoms with E-state index in [1.807, 2.05) is 0 Å². The van der Waals surface area contributed by atoms with Gasteiger partial charge in [0.2, 0.25) is 0 Å². The van der Waals surface area contributed by atoms with Gasteiger partial charge in [0.05, 0.1) is 38.6 Å². The van der Waals surface area contributed by atoms with Gasteiger partial charge in [-0.2, -0.15) is 0 Å². The maximum atomic E-state index is 5.61. The first-order valence-corrected chi connectivity index (χ1v) is 6.06. The number of hydrogen-bond acceptors (Lipinski definition) is 4. The van der Waals surface area contributed by atoms with Gasteiger partial charge >= 0.3 is 0 Å². The van der Waals surface area contributed by atoms with Crippen molar-refractivity contribution in [2.24, 2.45) is 0 Å². The molecule has 3 atom stereocenters. The first kappa shape index (κ1) is 13.4. The highest BCUT2D eigenvalue weighted by molar-refractivity contribution is 9.09. The van der Waals surface area contributed by atoms with Crippen LogP contribution < -0.4 is 0 Å². The molecule has 0 aromatic heterocycles. The van der Waals surface area contributed by atoms with E-state index in [9.17, 15) is 0 Å². The Balaban J connectivity index is 1.92. The molecule has 0 radical (unpaired) electrons. The Labute approximate surface area is 99.3 Å². The average molecular weight is 283 g/mol. The second kappa shape index (κ2) is 7.57. The summed E-state index contributed by atoms with van der Waals surface area (Å²) < 4.78 is 21.0. The molecular weight excluding hydrogens is 264 g/mol. The molecule has 0 aromatic rings. The van der Waals surface area contributed by atoms with E-state index in [1.165, 1.54) is 0 Å². The molecule has 0 amide bonds. The van der Waals surface area contributed by atoms with Gasteiger partial charge in [-0.3, -0.25) is 0 Å². The van der Waals surface area contributed by atoms with Gasteiger partial charge in [0.1, 0.15) is 0 Å². The van der Waals surface area contributed by atoms with Crippen LogP contribution in [0.3, 0.4) is 0 Å². The van der Waals surface area contributed by atoms with E-state index in [4.69, 9.17) is 18.9 Å². The van der Waals surface area contributed by atoms with Crippen molar-refractivity contribution < 1.29 is 18.9 Å². The predicted octanol–water partition coefficient (Wildman–Crippen LogP) is 1.22. The highest BCUT2D eigenvalue weighted by Crippen LogP contribution is 2.32. The van der Waals surface area contributed by atoms with E-state index in [0.29, 0.717) is 31.3 Å².